The summed E-state index contributed by atoms with van der Waals surface area (Å²) in [5.74, 6) is 3.04. The van der Waals surface area contributed by atoms with Crippen molar-refractivity contribution in [3.8, 4) is 12.3 Å². The maximum Gasteiger partial charge on any atom is 0.333 e. The van der Waals surface area contributed by atoms with Crippen molar-refractivity contribution in [3.05, 3.63) is 96.9 Å². The first-order valence-electron chi connectivity index (χ1n) is 12.2. The number of terminal acetylenes is 1. The molecule has 2 N–H and O–H groups in total. The van der Waals surface area contributed by atoms with Gasteiger partial charge >= 0.3 is 13.3 Å². The first-order chi connectivity index (χ1) is 18.2. The van der Waals surface area contributed by atoms with Crippen LogP contribution in [0.15, 0.2) is 68.7 Å². The van der Waals surface area contributed by atoms with Gasteiger partial charge in [0, 0.05) is 30.1 Å². The van der Waals surface area contributed by atoms with Crippen molar-refractivity contribution in [2.24, 2.45) is 0 Å². The van der Waals surface area contributed by atoms with Crippen LogP contribution in [0.4, 0.5) is 0 Å². The summed E-state index contributed by atoms with van der Waals surface area (Å²) in [4.78, 5) is 50.1. The molecule has 0 bridgehead atoms. The lowest BCUT2D eigenvalue weighted by Crippen LogP contribution is -2.40. The minimum atomic E-state index is -4.15. The second-order valence-electron chi connectivity index (χ2n) is 8.99. The van der Waals surface area contributed by atoms with Gasteiger partial charge in [-0.1, -0.05) is 70.4 Å². The average Bonchev–Trinajstić information content (AvgIpc) is 3.23. The molecule has 0 unspecified atom stereocenters. The molecule has 2 heterocycles. The van der Waals surface area contributed by atoms with Gasteiger partial charge in [-0.15, -0.1) is 6.42 Å². The smallest absolute Gasteiger partial charge is 0.324 e. The third kappa shape index (κ3) is 6.43. The van der Waals surface area contributed by atoms with Crippen molar-refractivity contribution in [3.63, 3.8) is 0 Å². The van der Waals surface area contributed by atoms with Gasteiger partial charge in [0.25, 0.3) is 5.56 Å². The number of halogens is 1. The Morgan fingerprint density at radius 1 is 0.947 bits per heavy atom. The van der Waals surface area contributed by atoms with Crippen molar-refractivity contribution < 1.29 is 14.4 Å². The normalized spacial score (nSPS) is 11.6. The van der Waals surface area contributed by atoms with E-state index in [2.05, 4.69) is 21.9 Å². The molecule has 2 aromatic carbocycles. The Kier molecular flexibility index (Phi) is 8.85. The molecule has 0 saturated carbocycles. The number of hydrogen-bond donors (Lipinski definition) is 2. The molecule has 2 aromatic heterocycles. The lowest BCUT2D eigenvalue weighted by molar-refractivity contribution is 0.370. The quantitative estimate of drug-likeness (QED) is 0.155. The minimum absolute atomic E-state index is 0.145. The summed E-state index contributed by atoms with van der Waals surface area (Å²) < 4.78 is 16.5. The van der Waals surface area contributed by atoms with Crippen molar-refractivity contribution >= 4 is 34.7 Å². The van der Waals surface area contributed by atoms with E-state index in [1.807, 2.05) is 59.2 Å². The molecule has 0 fully saturated rings. The van der Waals surface area contributed by atoms with Crippen LogP contribution in [0.2, 0.25) is 0 Å². The van der Waals surface area contributed by atoms with Crippen LogP contribution in [0, 0.1) is 12.3 Å². The number of nitrogens with zero attached hydrogens (tertiary/aromatic N) is 4. The molecule has 9 nitrogen and oxygen atoms in total. The second kappa shape index (κ2) is 12.1. The van der Waals surface area contributed by atoms with Crippen LogP contribution < -0.4 is 11.2 Å². The fourth-order valence-corrected chi connectivity index (χ4v) is 5.55. The molecule has 0 aliphatic heterocycles. The lowest BCUT2D eigenvalue weighted by Gasteiger charge is -2.12. The number of aryl methyl sites for hydroxylation is 3. The van der Waals surface area contributed by atoms with Gasteiger partial charge in [0.05, 0.1) is 6.54 Å². The van der Waals surface area contributed by atoms with Crippen LogP contribution >= 0.6 is 23.5 Å². The van der Waals surface area contributed by atoms with Gasteiger partial charge in [-0.05, 0) is 36.5 Å². The predicted molar refractivity (Wildman–Crippen MR) is 150 cm³/mol. The topological polar surface area (TPSA) is 119 Å². The Bertz CT molecular complexity index is 1650. The zero-order valence-corrected chi connectivity index (χ0v) is 23.1. The van der Waals surface area contributed by atoms with E-state index in [0.717, 1.165) is 20.2 Å². The van der Waals surface area contributed by atoms with Crippen LogP contribution in [0.1, 0.15) is 29.8 Å². The van der Waals surface area contributed by atoms with Gasteiger partial charge in [-0.25, -0.2) is 14.3 Å². The maximum atomic E-state index is 13.6. The van der Waals surface area contributed by atoms with Gasteiger partial charge in [0.2, 0.25) is 0 Å². The lowest BCUT2D eigenvalue weighted by atomic mass is 10.1. The molecule has 0 saturated heterocycles. The number of hydrogen-bond acceptors (Lipinski definition) is 4. The van der Waals surface area contributed by atoms with Crippen LogP contribution in [-0.4, -0.2) is 34.6 Å². The van der Waals surface area contributed by atoms with E-state index in [9.17, 15) is 23.9 Å². The van der Waals surface area contributed by atoms with Gasteiger partial charge in [0.1, 0.15) is 5.82 Å². The average molecular weight is 599 g/mol. The van der Waals surface area contributed by atoms with Gasteiger partial charge < -0.3 is 14.4 Å². The van der Waals surface area contributed by atoms with Crippen molar-refractivity contribution in [2.45, 2.75) is 45.3 Å². The molecule has 0 spiro atoms. The van der Waals surface area contributed by atoms with E-state index < -0.39 is 18.8 Å². The second-order valence-corrected chi connectivity index (χ2v) is 11.6. The highest BCUT2D eigenvalue weighted by molar-refractivity contribution is 9.10. The minimum Gasteiger partial charge on any atom is -0.324 e. The van der Waals surface area contributed by atoms with E-state index in [4.69, 9.17) is 11.4 Å². The summed E-state index contributed by atoms with van der Waals surface area (Å²) in [6, 6.07) is 17.6. The first kappa shape index (κ1) is 27.8. The number of rotatable bonds is 11. The SMILES string of the molecule is C#CCn1c(=O)c2c(nc(CCc3ccccc3Br)n2Cc2ccccc2)n(CCCCP(=O)(O)O)c1=O. The number of fused-ring (bicyclic) bond motifs is 1. The number of benzene rings is 2. The van der Waals surface area contributed by atoms with Crippen LogP contribution in [0.3, 0.4) is 0 Å². The Hall–Kier alpha value is -3.22. The van der Waals surface area contributed by atoms with Gasteiger partial charge in [0.15, 0.2) is 11.2 Å². The molecule has 0 radical (unpaired) electrons. The zero-order chi connectivity index (χ0) is 27.3. The zero-order valence-electron chi connectivity index (χ0n) is 20.7. The number of aromatic nitrogens is 4. The van der Waals surface area contributed by atoms with Gasteiger partial charge in [-0.3, -0.25) is 13.9 Å². The van der Waals surface area contributed by atoms with E-state index in [1.165, 1.54) is 4.57 Å². The van der Waals surface area contributed by atoms with Crippen molar-refractivity contribution in [2.75, 3.05) is 6.16 Å². The molecule has 4 aromatic rings. The summed E-state index contributed by atoms with van der Waals surface area (Å²) in [6.07, 6.45) is 6.92. The highest BCUT2D eigenvalue weighted by Gasteiger charge is 2.22. The van der Waals surface area contributed by atoms with Gasteiger partial charge in [-0.2, -0.15) is 0 Å². The fraction of sp³-hybridized carbons (Fsp3) is 0.296. The fourth-order valence-electron chi connectivity index (χ4n) is 4.43. The molecule has 38 heavy (non-hydrogen) atoms. The molecule has 0 aliphatic rings. The summed E-state index contributed by atoms with van der Waals surface area (Å²) in [5.41, 5.74) is 1.49. The molecule has 198 valence electrons. The molecular weight excluding hydrogens is 571 g/mol. The molecule has 0 atom stereocenters. The van der Waals surface area contributed by atoms with Crippen LogP contribution in [-0.2, 0) is 37.0 Å². The van der Waals surface area contributed by atoms with E-state index in [-0.39, 0.29) is 36.8 Å². The molecule has 4 rings (SSSR count). The molecular formula is C27H28BrN4O5P. The third-order valence-corrected chi connectivity index (χ3v) is 7.96. The van der Waals surface area contributed by atoms with Crippen molar-refractivity contribution in [1.29, 1.82) is 0 Å². The predicted octanol–water partition coefficient (Wildman–Crippen LogP) is 3.55. The third-order valence-electron chi connectivity index (χ3n) is 6.28. The Balaban J connectivity index is 1.84. The van der Waals surface area contributed by atoms with E-state index in [0.29, 0.717) is 31.6 Å². The number of imidazole rings is 1. The van der Waals surface area contributed by atoms with E-state index in [1.54, 1.807) is 0 Å². The Morgan fingerprint density at radius 2 is 1.66 bits per heavy atom. The largest absolute Gasteiger partial charge is 0.333 e. The van der Waals surface area contributed by atoms with Crippen molar-refractivity contribution in [1.82, 2.24) is 18.7 Å². The summed E-state index contributed by atoms with van der Waals surface area (Å²) in [6.45, 7) is 0.329. The maximum absolute atomic E-state index is 13.6. The monoisotopic (exact) mass is 598 g/mol. The summed E-state index contributed by atoms with van der Waals surface area (Å²) >= 11 is 3.59. The molecule has 0 aliphatic carbocycles. The Morgan fingerprint density at radius 3 is 2.34 bits per heavy atom. The number of unbranched alkanes of at least 4 members (excludes halogenated alkanes) is 1. The summed E-state index contributed by atoms with van der Waals surface area (Å²) in [5, 5.41) is 0. The van der Waals surface area contributed by atoms with E-state index >= 15 is 0 Å². The standard InChI is InChI=1S/C27H28BrN4O5P/c1-2-16-31-26(33)24-25(30(27(31)34)17-8-9-18-38(35,36)37)29-23(15-14-21-12-6-7-13-22(21)28)32(24)19-20-10-4-3-5-11-20/h1,3-7,10-13H,8-9,14-19H2,(H2,35,36,37). The highest BCUT2D eigenvalue weighted by atomic mass is 79.9. The highest BCUT2D eigenvalue weighted by Crippen LogP contribution is 2.35. The van der Waals surface area contributed by atoms with Crippen LogP contribution in [0.25, 0.3) is 11.2 Å². The molecule has 11 heteroatoms. The van der Waals surface area contributed by atoms with Crippen LogP contribution in [0.5, 0.6) is 0 Å². The Labute approximate surface area is 228 Å². The first-order valence-corrected chi connectivity index (χ1v) is 14.8. The summed E-state index contributed by atoms with van der Waals surface area (Å²) in [7, 11) is -4.15. The molecule has 0 amide bonds.